The molecule has 2 aliphatic heterocycles. The Balaban J connectivity index is 1.60. The third-order valence-corrected chi connectivity index (χ3v) is 10.8. The lowest BCUT2D eigenvalue weighted by Crippen LogP contribution is -2.15. The SMILES string of the molecule is Cc1ccc(-c2cc3[nH]c2cc2nc(cc4[nH]c(cc5nc(c3Br)CC5(C)C)c(-c3ccc(C)cc3)c4Br)CC2(C)C)cc1. The molecule has 44 heavy (non-hydrogen) atoms. The summed E-state index contributed by atoms with van der Waals surface area (Å²) in [5, 5.41) is 0. The zero-order valence-corrected chi connectivity index (χ0v) is 29.2. The number of aromatic amines is 2. The minimum absolute atomic E-state index is 0.118. The fourth-order valence-corrected chi connectivity index (χ4v) is 7.49. The number of aromatic nitrogens is 4. The number of aryl methyl sites for hydroxylation is 2. The largest absolute Gasteiger partial charge is 0.354 e. The molecule has 3 aromatic heterocycles. The van der Waals surface area contributed by atoms with E-state index in [1.807, 2.05) is 0 Å². The summed E-state index contributed by atoms with van der Waals surface area (Å²) >= 11 is 7.98. The predicted octanol–water partition coefficient (Wildman–Crippen LogP) is 10.8. The van der Waals surface area contributed by atoms with E-state index in [4.69, 9.17) is 9.97 Å². The topological polar surface area (TPSA) is 57.4 Å². The van der Waals surface area contributed by atoms with Gasteiger partial charge >= 0.3 is 0 Å². The molecule has 0 radical (unpaired) electrons. The molecular formula is C38H36Br2N4. The molecular weight excluding hydrogens is 672 g/mol. The number of hydrogen-bond donors (Lipinski definition) is 2. The van der Waals surface area contributed by atoms with Crippen molar-refractivity contribution in [2.24, 2.45) is 0 Å². The second-order valence-corrected chi connectivity index (χ2v) is 15.3. The Morgan fingerprint density at radius 2 is 1.14 bits per heavy atom. The second-order valence-electron chi connectivity index (χ2n) is 13.7. The molecule has 5 heterocycles. The van der Waals surface area contributed by atoms with Gasteiger partial charge in [-0.05, 0) is 81.1 Å². The Kier molecular flexibility index (Phi) is 7.02. The fraction of sp³-hybridized carbons (Fsp3) is 0.263. The van der Waals surface area contributed by atoms with Crippen LogP contribution < -0.4 is 0 Å². The van der Waals surface area contributed by atoms with Gasteiger partial charge in [0.25, 0.3) is 0 Å². The summed E-state index contributed by atoms with van der Waals surface area (Å²) in [5.41, 5.74) is 15.2. The molecule has 0 saturated heterocycles. The number of nitrogens with zero attached hydrogens (tertiary/aromatic N) is 2. The summed E-state index contributed by atoms with van der Waals surface area (Å²) < 4.78 is 2.04. The quantitative estimate of drug-likeness (QED) is 0.192. The van der Waals surface area contributed by atoms with Crippen LogP contribution in [0.5, 0.6) is 0 Å². The normalized spacial score (nSPS) is 15.5. The van der Waals surface area contributed by atoms with Gasteiger partial charge < -0.3 is 9.97 Å². The summed E-state index contributed by atoms with van der Waals surface area (Å²) in [6, 6.07) is 26.4. The van der Waals surface area contributed by atoms with Crippen LogP contribution in [0.15, 0.2) is 81.7 Å². The highest BCUT2D eigenvalue weighted by Crippen LogP contribution is 2.41. The summed E-state index contributed by atoms with van der Waals surface area (Å²) in [7, 11) is 0. The van der Waals surface area contributed by atoms with Crippen LogP contribution in [0.1, 0.15) is 61.6 Å². The summed E-state index contributed by atoms with van der Waals surface area (Å²) in [5.74, 6) is 0. The van der Waals surface area contributed by atoms with Crippen molar-refractivity contribution in [1.82, 2.24) is 19.9 Å². The molecule has 4 nitrogen and oxygen atoms in total. The zero-order valence-electron chi connectivity index (χ0n) is 26.0. The molecule has 2 N–H and O–H groups in total. The van der Waals surface area contributed by atoms with E-state index < -0.39 is 0 Å². The van der Waals surface area contributed by atoms with E-state index >= 15 is 0 Å². The molecule has 7 rings (SSSR count). The van der Waals surface area contributed by atoms with Crippen molar-refractivity contribution in [3.8, 4) is 22.3 Å². The Morgan fingerprint density at radius 3 is 1.82 bits per heavy atom. The van der Waals surface area contributed by atoms with Crippen molar-refractivity contribution in [3.63, 3.8) is 0 Å². The minimum atomic E-state index is -0.140. The molecule has 0 fully saturated rings. The average molecular weight is 709 g/mol. The maximum absolute atomic E-state index is 5.26. The van der Waals surface area contributed by atoms with Gasteiger partial charge in [0.1, 0.15) is 0 Å². The van der Waals surface area contributed by atoms with Crippen LogP contribution in [-0.2, 0) is 23.7 Å². The van der Waals surface area contributed by atoms with E-state index in [9.17, 15) is 0 Å². The van der Waals surface area contributed by atoms with E-state index in [0.29, 0.717) is 0 Å². The van der Waals surface area contributed by atoms with Crippen molar-refractivity contribution < 1.29 is 0 Å². The molecule has 0 saturated carbocycles. The zero-order chi connectivity index (χ0) is 31.0. The van der Waals surface area contributed by atoms with Crippen molar-refractivity contribution >= 4 is 53.9 Å². The molecule has 2 aliphatic rings. The van der Waals surface area contributed by atoms with Crippen molar-refractivity contribution in [2.45, 2.75) is 65.2 Å². The number of halogens is 2. The Morgan fingerprint density at radius 1 is 0.591 bits per heavy atom. The van der Waals surface area contributed by atoms with E-state index in [0.717, 1.165) is 83.3 Å². The van der Waals surface area contributed by atoms with Crippen LogP contribution in [-0.4, -0.2) is 19.9 Å². The monoisotopic (exact) mass is 706 g/mol. The fourth-order valence-electron chi connectivity index (χ4n) is 6.40. The van der Waals surface area contributed by atoms with Gasteiger partial charge in [0.05, 0.1) is 25.7 Å². The highest BCUT2D eigenvalue weighted by atomic mass is 79.9. The Bertz CT molecular complexity index is 2100. The van der Waals surface area contributed by atoms with Crippen molar-refractivity contribution in [2.75, 3.05) is 0 Å². The first-order valence-electron chi connectivity index (χ1n) is 15.1. The van der Waals surface area contributed by atoms with Crippen LogP contribution in [0.3, 0.4) is 0 Å². The lowest BCUT2D eigenvalue weighted by molar-refractivity contribution is 0.543. The van der Waals surface area contributed by atoms with Crippen molar-refractivity contribution in [1.29, 1.82) is 0 Å². The maximum atomic E-state index is 5.26. The standard InChI is InChI=1S/C38H36Br2N4/c1-21-7-11-23(12-8-21)26-16-30-35(39)31-20-38(5,6)33(44-31)18-28-34(24-13-9-22(2)10-14-24)36(40)29(43-28)15-25-19-37(3,4)32(41-25)17-27(26)42-30/h7-18,42-43H,19-20H2,1-6H3. The number of H-pyrrole nitrogens is 2. The number of benzene rings is 2. The molecule has 0 atom stereocenters. The van der Waals surface area contributed by atoms with Gasteiger partial charge in [-0.15, -0.1) is 0 Å². The average Bonchev–Trinajstić information content (AvgIpc) is 3.68. The molecule has 0 unspecified atom stereocenters. The van der Waals surface area contributed by atoms with Gasteiger partial charge in [-0.25, -0.2) is 0 Å². The molecule has 0 spiro atoms. The maximum Gasteiger partial charge on any atom is 0.0626 e. The minimum Gasteiger partial charge on any atom is -0.354 e. The highest BCUT2D eigenvalue weighted by molar-refractivity contribution is 9.11. The summed E-state index contributed by atoms with van der Waals surface area (Å²) in [6.07, 6.45) is 1.68. The van der Waals surface area contributed by atoms with E-state index in [1.54, 1.807) is 0 Å². The third-order valence-electron chi connectivity index (χ3n) is 9.05. The van der Waals surface area contributed by atoms with Crippen molar-refractivity contribution in [3.05, 3.63) is 116 Å². The Hall–Kier alpha value is -3.48. The van der Waals surface area contributed by atoms with Crippen LogP contribution >= 0.6 is 31.9 Å². The number of hydrogen-bond acceptors (Lipinski definition) is 2. The highest BCUT2D eigenvalue weighted by Gasteiger charge is 2.31. The van der Waals surface area contributed by atoms with Crippen LogP contribution in [0, 0.1) is 13.8 Å². The summed E-state index contributed by atoms with van der Waals surface area (Å²) in [4.78, 5) is 18.0. The lowest BCUT2D eigenvalue weighted by atomic mass is 9.86. The number of nitrogens with one attached hydrogen (secondary N) is 2. The molecule has 2 aromatic carbocycles. The predicted molar refractivity (Wildman–Crippen MR) is 190 cm³/mol. The number of rotatable bonds is 2. The van der Waals surface area contributed by atoms with Gasteiger partial charge in [-0.1, -0.05) is 87.4 Å². The lowest BCUT2D eigenvalue weighted by Gasteiger charge is -2.16. The summed E-state index contributed by atoms with van der Waals surface area (Å²) in [6.45, 7) is 13.4. The van der Waals surface area contributed by atoms with Crippen LogP contribution in [0.25, 0.3) is 44.3 Å². The molecule has 6 heteroatoms. The van der Waals surface area contributed by atoms with Gasteiger partial charge in [-0.3, -0.25) is 9.97 Å². The third kappa shape index (κ3) is 5.16. The molecule has 5 aromatic rings. The Labute approximate surface area is 275 Å². The van der Waals surface area contributed by atoms with Gasteiger partial charge in [-0.2, -0.15) is 0 Å². The van der Waals surface area contributed by atoms with Crippen LogP contribution in [0.4, 0.5) is 0 Å². The van der Waals surface area contributed by atoms with E-state index in [1.165, 1.54) is 16.7 Å². The molecule has 0 aliphatic carbocycles. The first kappa shape index (κ1) is 29.2. The second kappa shape index (κ2) is 10.6. The van der Waals surface area contributed by atoms with Crippen LogP contribution in [0.2, 0.25) is 0 Å². The van der Waals surface area contributed by atoms with Gasteiger partial charge in [0.2, 0.25) is 0 Å². The first-order chi connectivity index (χ1) is 20.9. The molecule has 8 bridgehead atoms. The van der Waals surface area contributed by atoms with E-state index in [2.05, 4.69) is 156 Å². The smallest absolute Gasteiger partial charge is 0.0626 e. The number of fused-ring (bicyclic) bond motifs is 8. The molecule has 222 valence electrons. The van der Waals surface area contributed by atoms with Gasteiger partial charge in [0, 0.05) is 62.9 Å². The van der Waals surface area contributed by atoms with E-state index in [-0.39, 0.29) is 10.8 Å². The first-order valence-corrected chi connectivity index (χ1v) is 16.7. The molecule has 0 amide bonds. The van der Waals surface area contributed by atoms with Gasteiger partial charge in [0.15, 0.2) is 0 Å².